The monoisotopic (exact) mass is 229 g/mol. The van der Waals surface area contributed by atoms with E-state index in [9.17, 15) is 9.90 Å². The largest absolute Gasteiger partial charge is 0.506 e. The lowest BCUT2D eigenvalue weighted by atomic mass is 10.1. The van der Waals surface area contributed by atoms with Gasteiger partial charge >= 0.3 is 0 Å². The lowest BCUT2D eigenvalue weighted by molar-refractivity contribution is 0.0993. The minimum atomic E-state index is -0.157. The third-order valence-electron chi connectivity index (χ3n) is 1.90. The molecule has 5 heteroatoms. The number of ether oxygens (including phenoxy) is 1. The van der Waals surface area contributed by atoms with Crippen LogP contribution in [0.15, 0.2) is 12.1 Å². The van der Waals surface area contributed by atoms with Crippen molar-refractivity contribution in [2.75, 3.05) is 20.7 Å². The summed E-state index contributed by atoms with van der Waals surface area (Å²) in [7, 11) is 3.10. The Morgan fingerprint density at radius 3 is 2.80 bits per heavy atom. The fourth-order valence-electron chi connectivity index (χ4n) is 1.16. The summed E-state index contributed by atoms with van der Waals surface area (Å²) in [5.74, 6) is -0.00523. The first-order valence-electron chi connectivity index (χ1n) is 4.34. The average molecular weight is 230 g/mol. The van der Waals surface area contributed by atoms with E-state index in [2.05, 4.69) is 5.32 Å². The van der Waals surface area contributed by atoms with Crippen LogP contribution in [0.5, 0.6) is 11.5 Å². The molecule has 0 heterocycles. The van der Waals surface area contributed by atoms with E-state index in [1.165, 1.54) is 19.2 Å². The molecule has 0 fully saturated rings. The zero-order chi connectivity index (χ0) is 11.4. The van der Waals surface area contributed by atoms with Crippen LogP contribution >= 0.6 is 11.6 Å². The number of phenols is 1. The van der Waals surface area contributed by atoms with E-state index in [0.29, 0.717) is 5.56 Å². The van der Waals surface area contributed by atoms with Crippen molar-refractivity contribution < 1.29 is 14.6 Å². The molecule has 0 aromatic heterocycles. The molecule has 82 valence electrons. The number of halogens is 1. The molecular formula is C10H12ClNO3. The topological polar surface area (TPSA) is 58.6 Å². The van der Waals surface area contributed by atoms with E-state index in [4.69, 9.17) is 16.3 Å². The lowest BCUT2D eigenvalue weighted by Crippen LogP contribution is -2.18. The van der Waals surface area contributed by atoms with Gasteiger partial charge in [-0.2, -0.15) is 0 Å². The maximum absolute atomic E-state index is 11.5. The summed E-state index contributed by atoms with van der Waals surface area (Å²) in [4.78, 5) is 11.5. The quantitative estimate of drug-likeness (QED) is 0.768. The van der Waals surface area contributed by atoms with Gasteiger partial charge in [0.1, 0.15) is 16.5 Å². The van der Waals surface area contributed by atoms with Crippen LogP contribution in [0, 0.1) is 0 Å². The minimum absolute atomic E-state index is 0.110. The summed E-state index contributed by atoms with van der Waals surface area (Å²) in [5, 5.41) is 12.3. The van der Waals surface area contributed by atoms with Gasteiger partial charge in [-0.25, -0.2) is 0 Å². The van der Waals surface area contributed by atoms with Crippen molar-refractivity contribution in [1.29, 1.82) is 0 Å². The van der Waals surface area contributed by atoms with Crippen molar-refractivity contribution in [3.05, 3.63) is 22.7 Å². The van der Waals surface area contributed by atoms with E-state index in [1.54, 1.807) is 7.05 Å². The Morgan fingerprint density at radius 1 is 1.60 bits per heavy atom. The van der Waals surface area contributed by atoms with Crippen molar-refractivity contribution >= 4 is 17.4 Å². The van der Waals surface area contributed by atoms with Crippen LogP contribution in [0.25, 0.3) is 0 Å². The molecule has 1 rings (SSSR count). The van der Waals surface area contributed by atoms with Gasteiger partial charge in [0.05, 0.1) is 13.7 Å². The first kappa shape index (κ1) is 11.8. The molecule has 1 aromatic carbocycles. The van der Waals surface area contributed by atoms with Gasteiger partial charge in [-0.05, 0) is 19.2 Å². The molecule has 0 saturated heterocycles. The van der Waals surface area contributed by atoms with Gasteiger partial charge in [-0.1, -0.05) is 11.6 Å². The highest BCUT2D eigenvalue weighted by atomic mass is 35.5. The van der Waals surface area contributed by atoms with Gasteiger partial charge in [0, 0.05) is 5.56 Å². The predicted molar refractivity (Wildman–Crippen MR) is 57.9 cm³/mol. The third-order valence-corrected chi connectivity index (χ3v) is 2.28. The Kier molecular flexibility index (Phi) is 3.94. The van der Waals surface area contributed by atoms with Crippen LogP contribution in [0.2, 0.25) is 5.02 Å². The second-order valence-corrected chi connectivity index (χ2v) is 3.34. The van der Waals surface area contributed by atoms with E-state index in [0.717, 1.165) is 0 Å². The second-order valence-electron chi connectivity index (χ2n) is 2.97. The van der Waals surface area contributed by atoms with Crippen molar-refractivity contribution in [2.45, 2.75) is 0 Å². The van der Waals surface area contributed by atoms with Crippen LogP contribution in [0.1, 0.15) is 10.4 Å². The van der Waals surface area contributed by atoms with Crippen LogP contribution < -0.4 is 10.1 Å². The highest BCUT2D eigenvalue weighted by Crippen LogP contribution is 2.34. The Morgan fingerprint density at radius 2 is 2.27 bits per heavy atom. The Labute approximate surface area is 92.8 Å². The van der Waals surface area contributed by atoms with E-state index in [1.807, 2.05) is 0 Å². The van der Waals surface area contributed by atoms with Crippen LogP contribution in [0.3, 0.4) is 0 Å². The normalized spacial score (nSPS) is 10.1. The maximum atomic E-state index is 11.5. The Bertz CT molecular complexity index is 379. The zero-order valence-corrected chi connectivity index (χ0v) is 9.26. The number of benzene rings is 1. The molecule has 0 saturated carbocycles. The smallest absolute Gasteiger partial charge is 0.176 e. The molecule has 0 aliphatic heterocycles. The highest BCUT2D eigenvalue weighted by Gasteiger charge is 2.12. The van der Waals surface area contributed by atoms with Crippen LogP contribution in [-0.4, -0.2) is 31.6 Å². The molecule has 15 heavy (non-hydrogen) atoms. The van der Waals surface area contributed by atoms with Crippen LogP contribution in [-0.2, 0) is 0 Å². The number of phenolic OH excluding ortho intramolecular Hbond substituents is 1. The number of aromatic hydroxyl groups is 1. The fourth-order valence-corrected chi connectivity index (χ4v) is 1.34. The summed E-state index contributed by atoms with van der Waals surface area (Å²) >= 11 is 5.75. The Hall–Kier alpha value is -1.26. The lowest BCUT2D eigenvalue weighted by Gasteiger charge is -2.07. The number of ketones is 1. The molecule has 4 nitrogen and oxygen atoms in total. The van der Waals surface area contributed by atoms with Gasteiger partial charge < -0.3 is 15.2 Å². The third kappa shape index (κ3) is 2.61. The number of methoxy groups -OCH3 is 1. The maximum Gasteiger partial charge on any atom is 0.176 e. The molecule has 0 radical (unpaired) electrons. The standard InChI is InChI=1S/C10H12ClNO3/c1-12-5-8(14)6-3-7(13)10(11)9(4-6)15-2/h3-4,12-13H,5H2,1-2H3. The summed E-state index contributed by atoms with van der Waals surface area (Å²) in [5.41, 5.74) is 0.364. The number of hydrogen-bond acceptors (Lipinski definition) is 4. The molecule has 2 N–H and O–H groups in total. The summed E-state index contributed by atoms with van der Waals surface area (Å²) < 4.78 is 4.93. The molecule has 0 atom stereocenters. The van der Waals surface area contributed by atoms with Gasteiger partial charge in [-0.3, -0.25) is 4.79 Å². The number of carbonyl (C=O) groups is 1. The SMILES string of the molecule is CNCC(=O)c1cc(O)c(Cl)c(OC)c1. The van der Waals surface area contributed by atoms with Gasteiger partial charge in [0.25, 0.3) is 0 Å². The van der Waals surface area contributed by atoms with Crippen molar-refractivity contribution in [3.63, 3.8) is 0 Å². The molecule has 0 aliphatic rings. The first-order valence-corrected chi connectivity index (χ1v) is 4.72. The molecule has 0 spiro atoms. The minimum Gasteiger partial charge on any atom is -0.506 e. The predicted octanol–water partition coefficient (Wildman–Crippen LogP) is 1.46. The van der Waals surface area contributed by atoms with Crippen molar-refractivity contribution in [2.24, 2.45) is 0 Å². The Balaban J connectivity index is 3.10. The van der Waals surface area contributed by atoms with E-state index >= 15 is 0 Å². The van der Waals surface area contributed by atoms with E-state index in [-0.39, 0.29) is 28.8 Å². The fraction of sp³-hybridized carbons (Fsp3) is 0.300. The van der Waals surface area contributed by atoms with Gasteiger partial charge in [-0.15, -0.1) is 0 Å². The average Bonchev–Trinajstić information content (AvgIpc) is 2.22. The van der Waals surface area contributed by atoms with E-state index < -0.39 is 0 Å². The molecule has 0 amide bonds. The first-order chi connectivity index (χ1) is 7.10. The second kappa shape index (κ2) is 5.00. The highest BCUT2D eigenvalue weighted by molar-refractivity contribution is 6.33. The number of nitrogens with one attached hydrogen (secondary N) is 1. The zero-order valence-electron chi connectivity index (χ0n) is 8.50. The molecule has 0 bridgehead atoms. The number of rotatable bonds is 4. The van der Waals surface area contributed by atoms with Crippen molar-refractivity contribution in [3.8, 4) is 11.5 Å². The van der Waals surface area contributed by atoms with Crippen molar-refractivity contribution in [1.82, 2.24) is 5.32 Å². The summed E-state index contributed by atoms with van der Waals surface area (Å²) in [6.07, 6.45) is 0. The van der Waals surface area contributed by atoms with Gasteiger partial charge in [0.15, 0.2) is 5.78 Å². The summed E-state index contributed by atoms with van der Waals surface area (Å²) in [6.45, 7) is 0.199. The molecule has 0 unspecified atom stereocenters. The molecule has 0 aliphatic carbocycles. The number of Topliss-reactive ketones (excluding diaryl/α,β-unsaturated/α-hetero) is 1. The number of hydrogen-bond donors (Lipinski definition) is 2. The molecule has 1 aromatic rings. The van der Waals surface area contributed by atoms with Crippen LogP contribution in [0.4, 0.5) is 0 Å². The molecular weight excluding hydrogens is 218 g/mol. The summed E-state index contributed by atoms with van der Waals surface area (Å²) in [6, 6.07) is 2.83. The van der Waals surface area contributed by atoms with Gasteiger partial charge in [0.2, 0.25) is 0 Å². The number of likely N-dealkylation sites (N-methyl/N-ethyl adjacent to an activating group) is 1. The number of carbonyl (C=O) groups excluding carboxylic acids is 1.